The summed E-state index contributed by atoms with van der Waals surface area (Å²) in [6.07, 6.45) is 3.92. The summed E-state index contributed by atoms with van der Waals surface area (Å²) in [5.74, 6) is 0. The van der Waals surface area contributed by atoms with E-state index >= 15 is 0 Å². The van der Waals surface area contributed by atoms with Crippen LogP contribution in [0, 0.1) is 5.41 Å². The topological polar surface area (TPSA) is 38.0 Å². The molecule has 1 saturated carbocycles. The molecule has 0 saturated heterocycles. The Morgan fingerprint density at radius 3 is 2.73 bits per heavy atom. The minimum Gasteiger partial charge on any atom is -0.399 e. The molecular weight excluding hydrogens is 208 g/mol. The van der Waals surface area contributed by atoms with Gasteiger partial charge in [0.25, 0.3) is 0 Å². The molecule has 0 radical (unpaired) electrons. The first-order chi connectivity index (χ1) is 7.15. The van der Waals surface area contributed by atoms with E-state index < -0.39 is 0 Å². The zero-order valence-electron chi connectivity index (χ0n) is 9.02. The number of hydrogen-bond acceptors (Lipinski definition) is 2. The van der Waals surface area contributed by atoms with Crippen LogP contribution >= 0.6 is 11.6 Å². The molecule has 0 atom stereocenters. The molecule has 3 heteroatoms. The van der Waals surface area contributed by atoms with Gasteiger partial charge in [0.1, 0.15) is 0 Å². The number of hydrogen-bond donors (Lipinski definition) is 2. The second kappa shape index (κ2) is 3.93. The van der Waals surface area contributed by atoms with Gasteiger partial charge in [-0.05, 0) is 42.9 Å². The molecule has 15 heavy (non-hydrogen) atoms. The number of benzene rings is 1. The Morgan fingerprint density at radius 1 is 1.47 bits per heavy atom. The lowest BCUT2D eigenvalue weighted by molar-refractivity contribution is 0.521. The molecule has 2 rings (SSSR count). The van der Waals surface area contributed by atoms with Crippen LogP contribution in [0.1, 0.15) is 26.2 Å². The van der Waals surface area contributed by atoms with Gasteiger partial charge in [-0.1, -0.05) is 18.5 Å². The first-order valence-electron chi connectivity index (χ1n) is 5.44. The van der Waals surface area contributed by atoms with Gasteiger partial charge >= 0.3 is 0 Å². The first kappa shape index (κ1) is 10.6. The average Bonchev–Trinajstić information content (AvgIpc) is 2.97. The Labute approximate surface area is 95.8 Å². The van der Waals surface area contributed by atoms with E-state index in [1.165, 1.54) is 19.3 Å². The molecule has 3 N–H and O–H groups in total. The quantitative estimate of drug-likeness (QED) is 0.768. The number of halogens is 1. The van der Waals surface area contributed by atoms with Crippen LogP contribution < -0.4 is 11.1 Å². The Morgan fingerprint density at radius 2 is 2.20 bits per heavy atom. The van der Waals surface area contributed by atoms with Crippen molar-refractivity contribution in [3.8, 4) is 0 Å². The third kappa shape index (κ3) is 2.37. The van der Waals surface area contributed by atoms with Crippen molar-refractivity contribution in [3.63, 3.8) is 0 Å². The van der Waals surface area contributed by atoms with E-state index in [1.54, 1.807) is 6.07 Å². The van der Waals surface area contributed by atoms with Crippen molar-refractivity contribution < 1.29 is 0 Å². The lowest BCUT2D eigenvalue weighted by Crippen LogP contribution is -2.14. The maximum atomic E-state index is 6.08. The molecule has 1 fully saturated rings. The van der Waals surface area contributed by atoms with Gasteiger partial charge in [0.05, 0.1) is 10.7 Å². The van der Waals surface area contributed by atoms with E-state index in [2.05, 4.69) is 12.2 Å². The molecule has 0 amide bonds. The maximum absolute atomic E-state index is 6.08. The third-order valence-corrected chi connectivity index (χ3v) is 3.67. The van der Waals surface area contributed by atoms with Crippen molar-refractivity contribution in [1.82, 2.24) is 0 Å². The van der Waals surface area contributed by atoms with Gasteiger partial charge in [-0.2, -0.15) is 0 Å². The van der Waals surface area contributed by atoms with E-state index in [-0.39, 0.29) is 0 Å². The van der Waals surface area contributed by atoms with Gasteiger partial charge in [0.2, 0.25) is 0 Å². The van der Waals surface area contributed by atoms with E-state index in [0.29, 0.717) is 16.1 Å². The predicted molar refractivity (Wildman–Crippen MR) is 66.3 cm³/mol. The van der Waals surface area contributed by atoms with Crippen LogP contribution in [0.4, 0.5) is 11.4 Å². The second-order valence-corrected chi connectivity index (χ2v) is 4.85. The number of anilines is 2. The highest BCUT2D eigenvalue weighted by Gasteiger charge is 2.40. The number of nitrogens with two attached hydrogens (primary N) is 1. The van der Waals surface area contributed by atoms with Gasteiger partial charge in [0, 0.05) is 12.2 Å². The van der Waals surface area contributed by atoms with Crippen LogP contribution in [0.2, 0.25) is 5.02 Å². The van der Waals surface area contributed by atoms with E-state index in [0.717, 1.165) is 12.2 Å². The second-order valence-electron chi connectivity index (χ2n) is 4.45. The molecule has 2 nitrogen and oxygen atoms in total. The summed E-state index contributed by atoms with van der Waals surface area (Å²) in [7, 11) is 0. The van der Waals surface area contributed by atoms with Crippen LogP contribution in [0.25, 0.3) is 0 Å². The Kier molecular flexibility index (Phi) is 2.79. The van der Waals surface area contributed by atoms with E-state index in [9.17, 15) is 0 Å². The standard InChI is InChI=1S/C12H17ClN2/c1-2-12(5-6-12)8-15-11-4-3-9(14)7-10(11)13/h3-4,7,15H,2,5-6,8,14H2,1H3. The fourth-order valence-electron chi connectivity index (χ4n) is 1.79. The van der Waals surface area contributed by atoms with E-state index in [4.69, 9.17) is 17.3 Å². The highest BCUT2D eigenvalue weighted by atomic mass is 35.5. The van der Waals surface area contributed by atoms with Gasteiger partial charge in [-0.3, -0.25) is 0 Å². The fourth-order valence-corrected chi connectivity index (χ4v) is 2.05. The number of rotatable bonds is 4. The van der Waals surface area contributed by atoms with Crippen LogP contribution in [0.5, 0.6) is 0 Å². The molecule has 1 aliphatic carbocycles. The molecule has 0 spiro atoms. The minimum absolute atomic E-state index is 0.532. The highest BCUT2D eigenvalue weighted by Crippen LogP contribution is 2.48. The molecule has 0 heterocycles. The first-order valence-corrected chi connectivity index (χ1v) is 5.82. The van der Waals surface area contributed by atoms with Crippen molar-refractivity contribution >= 4 is 23.0 Å². The zero-order valence-corrected chi connectivity index (χ0v) is 9.77. The molecule has 1 aromatic carbocycles. The summed E-state index contributed by atoms with van der Waals surface area (Å²) in [5, 5.41) is 4.12. The summed E-state index contributed by atoms with van der Waals surface area (Å²) < 4.78 is 0. The van der Waals surface area contributed by atoms with Crippen molar-refractivity contribution in [2.75, 3.05) is 17.6 Å². The summed E-state index contributed by atoms with van der Waals surface area (Å²) in [6.45, 7) is 3.27. The maximum Gasteiger partial charge on any atom is 0.0657 e. The molecular formula is C12H17ClN2. The summed E-state index contributed by atoms with van der Waals surface area (Å²) in [4.78, 5) is 0. The summed E-state index contributed by atoms with van der Waals surface area (Å²) >= 11 is 6.08. The van der Waals surface area contributed by atoms with Gasteiger partial charge in [-0.15, -0.1) is 0 Å². The smallest absolute Gasteiger partial charge is 0.0657 e. The largest absolute Gasteiger partial charge is 0.399 e. The van der Waals surface area contributed by atoms with Crippen LogP contribution in [-0.2, 0) is 0 Å². The number of nitrogen functional groups attached to an aromatic ring is 1. The predicted octanol–water partition coefficient (Wildman–Crippen LogP) is 3.52. The lowest BCUT2D eigenvalue weighted by Gasteiger charge is -2.15. The van der Waals surface area contributed by atoms with Crippen molar-refractivity contribution in [2.24, 2.45) is 5.41 Å². The SMILES string of the molecule is CCC1(CNc2ccc(N)cc2Cl)CC1. The van der Waals surface area contributed by atoms with Gasteiger partial charge in [0.15, 0.2) is 0 Å². The monoisotopic (exact) mass is 224 g/mol. The summed E-state index contributed by atoms with van der Waals surface area (Å²) in [6, 6.07) is 5.61. The van der Waals surface area contributed by atoms with Crippen molar-refractivity contribution in [1.29, 1.82) is 0 Å². The molecule has 0 unspecified atom stereocenters. The Hall–Kier alpha value is -0.890. The van der Waals surface area contributed by atoms with Crippen LogP contribution in [0.15, 0.2) is 18.2 Å². The fraction of sp³-hybridized carbons (Fsp3) is 0.500. The average molecular weight is 225 g/mol. The van der Waals surface area contributed by atoms with Crippen molar-refractivity contribution in [2.45, 2.75) is 26.2 Å². The van der Waals surface area contributed by atoms with Crippen molar-refractivity contribution in [3.05, 3.63) is 23.2 Å². The zero-order chi connectivity index (χ0) is 10.9. The molecule has 1 aromatic rings. The normalized spacial score (nSPS) is 17.5. The Balaban J connectivity index is 1.99. The molecule has 1 aliphatic rings. The minimum atomic E-state index is 0.532. The molecule has 0 aromatic heterocycles. The third-order valence-electron chi connectivity index (χ3n) is 3.35. The van der Waals surface area contributed by atoms with Crippen LogP contribution in [-0.4, -0.2) is 6.54 Å². The van der Waals surface area contributed by atoms with E-state index in [1.807, 2.05) is 12.1 Å². The lowest BCUT2D eigenvalue weighted by atomic mass is 10.0. The summed E-state index contributed by atoms with van der Waals surface area (Å²) in [5.41, 5.74) is 7.87. The Bertz CT molecular complexity index is 359. The molecule has 0 bridgehead atoms. The van der Waals surface area contributed by atoms with Gasteiger partial charge in [-0.25, -0.2) is 0 Å². The highest BCUT2D eigenvalue weighted by molar-refractivity contribution is 6.33. The molecule has 82 valence electrons. The number of nitrogens with one attached hydrogen (secondary N) is 1. The van der Waals surface area contributed by atoms with Gasteiger partial charge < -0.3 is 11.1 Å². The molecule has 0 aliphatic heterocycles. The van der Waals surface area contributed by atoms with Crippen LogP contribution in [0.3, 0.4) is 0 Å².